The summed E-state index contributed by atoms with van der Waals surface area (Å²) in [6.07, 6.45) is 0.616. The highest BCUT2D eigenvalue weighted by atomic mass is 32.1. The van der Waals surface area contributed by atoms with Crippen molar-refractivity contribution in [1.29, 1.82) is 0 Å². The van der Waals surface area contributed by atoms with Crippen molar-refractivity contribution in [2.45, 2.75) is 13.0 Å². The first-order valence-corrected chi connectivity index (χ1v) is 8.89. The number of aromatic nitrogens is 1. The van der Waals surface area contributed by atoms with Crippen LogP contribution >= 0.6 is 11.3 Å². The first kappa shape index (κ1) is 20.5. The number of thiazole rings is 1. The fourth-order valence-electron chi connectivity index (χ4n) is 2.31. The van der Waals surface area contributed by atoms with E-state index in [1.54, 1.807) is 17.4 Å². The van der Waals surface area contributed by atoms with Crippen LogP contribution in [0.4, 0.5) is 5.69 Å². The first-order chi connectivity index (χ1) is 13.0. The second-order valence-electron chi connectivity index (χ2n) is 5.50. The van der Waals surface area contributed by atoms with Crippen LogP contribution in [0.5, 0.6) is 0 Å². The van der Waals surface area contributed by atoms with Gasteiger partial charge in [-0.15, -0.1) is 11.3 Å². The summed E-state index contributed by atoms with van der Waals surface area (Å²) in [6.45, 7) is 1.10. The molecule has 144 valence electrons. The molecule has 0 saturated heterocycles. The number of rotatable bonds is 9. The normalized spacial score (nSPS) is 10.4. The van der Waals surface area contributed by atoms with E-state index in [2.05, 4.69) is 9.72 Å². The topological polar surface area (TPSA) is 112 Å². The maximum atomic E-state index is 12.8. The number of non-ortho nitro benzene ring substituents is 1. The van der Waals surface area contributed by atoms with Crippen LogP contribution < -0.4 is 0 Å². The number of nitro groups is 1. The summed E-state index contributed by atoms with van der Waals surface area (Å²) in [5.41, 5.74) is 0.444. The lowest BCUT2D eigenvalue weighted by Crippen LogP contribution is -2.32. The summed E-state index contributed by atoms with van der Waals surface area (Å²) in [5, 5.41) is 12.9. The minimum Gasteiger partial charge on any atom is -0.464 e. The zero-order valence-electron chi connectivity index (χ0n) is 14.9. The summed E-state index contributed by atoms with van der Waals surface area (Å²) in [4.78, 5) is 40.4. The van der Waals surface area contributed by atoms with Crippen LogP contribution in [0.1, 0.15) is 32.3 Å². The van der Waals surface area contributed by atoms with Crippen molar-refractivity contribution < 1.29 is 24.0 Å². The molecule has 0 aliphatic carbocycles. The van der Waals surface area contributed by atoms with E-state index in [1.807, 2.05) is 0 Å². The van der Waals surface area contributed by atoms with Crippen LogP contribution in [0, 0.1) is 10.1 Å². The van der Waals surface area contributed by atoms with Crippen molar-refractivity contribution in [3.8, 4) is 0 Å². The largest absolute Gasteiger partial charge is 0.464 e. The molecule has 1 aromatic heterocycles. The molecular weight excluding hydrogens is 374 g/mol. The van der Waals surface area contributed by atoms with Crippen molar-refractivity contribution in [2.75, 3.05) is 27.4 Å². The molecular formula is C17H19N3O6S. The van der Waals surface area contributed by atoms with Crippen LogP contribution in [-0.4, -0.2) is 54.1 Å². The zero-order chi connectivity index (χ0) is 19.8. The third kappa shape index (κ3) is 5.56. The SMILES string of the molecule is COCCCN(Cc1nc(C(=O)OC)cs1)C(=O)c1ccc([N+](=O)[O-])cc1. The fourth-order valence-corrected chi connectivity index (χ4v) is 3.08. The Labute approximate surface area is 159 Å². The van der Waals surface area contributed by atoms with E-state index in [4.69, 9.17) is 4.74 Å². The number of hydrogen-bond acceptors (Lipinski definition) is 8. The number of carbonyl (C=O) groups excluding carboxylic acids is 2. The summed E-state index contributed by atoms with van der Waals surface area (Å²) < 4.78 is 9.67. The van der Waals surface area contributed by atoms with Crippen molar-refractivity contribution >= 4 is 28.9 Å². The molecule has 0 aliphatic heterocycles. The Morgan fingerprint density at radius 3 is 2.56 bits per heavy atom. The van der Waals surface area contributed by atoms with E-state index in [-0.39, 0.29) is 23.8 Å². The number of nitro benzene ring substituents is 1. The molecule has 2 aromatic rings. The van der Waals surface area contributed by atoms with Gasteiger partial charge in [0, 0.05) is 43.3 Å². The number of hydrogen-bond donors (Lipinski definition) is 0. The highest BCUT2D eigenvalue weighted by molar-refractivity contribution is 7.09. The van der Waals surface area contributed by atoms with Crippen molar-refractivity contribution in [3.05, 3.63) is 56.0 Å². The predicted molar refractivity (Wildman–Crippen MR) is 97.8 cm³/mol. The Bertz CT molecular complexity index is 805. The maximum Gasteiger partial charge on any atom is 0.357 e. The van der Waals surface area contributed by atoms with Gasteiger partial charge >= 0.3 is 5.97 Å². The van der Waals surface area contributed by atoms with Crippen molar-refractivity contribution in [2.24, 2.45) is 0 Å². The summed E-state index contributed by atoms with van der Waals surface area (Å²) >= 11 is 1.25. The highest BCUT2D eigenvalue weighted by Crippen LogP contribution is 2.18. The third-order valence-electron chi connectivity index (χ3n) is 3.66. The average molecular weight is 393 g/mol. The standard InChI is InChI=1S/C17H19N3O6S/c1-25-9-3-8-19(10-15-18-14(11-27-15)17(22)26-2)16(21)12-4-6-13(7-5-12)20(23)24/h4-7,11H,3,8-10H2,1-2H3. The zero-order valence-corrected chi connectivity index (χ0v) is 15.7. The Morgan fingerprint density at radius 2 is 1.96 bits per heavy atom. The second-order valence-corrected chi connectivity index (χ2v) is 6.44. The van der Waals surface area contributed by atoms with E-state index in [0.29, 0.717) is 30.1 Å². The average Bonchev–Trinajstić information content (AvgIpc) is 3.15. The predicted octanol–water partition coefficient (Wildman–Crippen LogP) is 2.52. The lowest BCUT2D eigenvalue weighted by Gasteiger charge is -2.21. The van der Waals surface area contributed by atoms with Crippen LogP contribution in [0.15, 0.2) is 29.6 Å². The molecule has 10 heteroatoms. The van der Waals surface area contributed by atoms with Gasteiger partial charge in [0.25, 0.3) is 11.6 Å². The van der Waals surface area contributed by atoms with Gasteiger partial charge in [-0.2, -0.15) is 0 Å². The molecule has 0 fully saturated rings. The molecule has 1 aromatic carbocycles. The van der Waals surface area contributed by atoms with E-state index in [0.717, 1.165) is 0 Å². The molecule has 0 atom stereocenters. The molecule has 0 aliphatic rings. The highest BCUT2D eigenvalue weighted by Gasteiger charge is 2.20. The van der Waals surface area contributed by atoms with Crippen LogP contribution in [-0.2, 0) is 16.0 Å². The molecule has 0 saturated carbocycles. The molecule has 27 heavy (non-hydrogen) atoms. The third-order valence-corrected chi connectivity index (χ3v) is 4.49. The molecule has 2 rings (SSSR count). The minimum absolute atomic E-state index is 0.0832. The van der Waals surface area contributed by atoms with Crippen LogP contribution in [0.25, 0.3) is 0 Å². The molecule has 0 bridgehead atoms. The Morgan fingerprint density at radius 1 is 1.26 bits per heavy atom. The Hall–Kier alpha value is -2.85. The van der Waals surface area contributed by atoms with Crippen molar-refractivity contribution in [3.63, 3.8) is 0 Å². The fraction of sp³-hybridized carbons (Fsp3) is 0.353. The number of ether oxygens (including phenoxy) is 2. The van der Waals surface area contributed by atoms with E-state index in [1.165, 1.54) is 42.7 Å². The molecule has 0 radical (unpaired) electrons. The van der Waals surface area contributed by atoms with Gasteiger partial charge in [0.2, 0.25) is 0 Å². The molecule has 9 nitrogen and oxygen atoms in total. The number of esters is 1. The quantitative estimate of drug-likeness (QED) is 0.278. The molecule has 0 unspecified atom stereocenters. The number of methoxy groups -OCH3 is 2. The van der Waals surface area contributed by atoms with Gasteiger partial charge in [0.1, 0.15) is 5.01 Å². The van der Waals surface area contributed by atoms with E-state index in [9.17, 15) is 19.7 Å². The van der Waals surface area contributed by atoms with Gasteiger partial charge in [-0.25, -0.2) is 9.78 Å². The number of amides is 1. The van der Waals surface area contributed by atoms with Gasteiger partial charge in [-0.1, -0.05) is 0 Å². The molecule has 1 heterocycles. The summed E-state index contributed by atoms with van der Waals surface area (Å²) in [5.74, 6) is -0.819. The summed E-state index contributed by atoms with van der Waals surface area (Å²) in [6, 6.07) is 5.43. The number of nitrogens with zero attached hydrogens (tertiary/aromatic N) is 3. The lowest BCUT2D eigenvalue weighted by molar-refractivity contribution is -0.384. The maximum absolute atomic E-state index is 12.8. The molecule has 0 N–H and O–H groups in total. The second kappa shape index (κ2) is 9.74. The Kier molecular flexibility index (Phi) is 7.38. The first-order valence-electron chi connectivity index (χ1n) is 8.01. The van der Waals surface area contributed by atoms with Crippen LogP contribution in [0.3, 0.4) is 0 Å². The van der Waals surface area contributed by atoms with Gasteiger partial charge < -0.3 is 14.4 Å². The smallest absolute Gasteiger partial charge is 0.357 e. The number of benzene rings is 1. The van der Waals surface area contributed by atoms with Gasteiger partial charge in [0.15, 0.2) is 5.69 Å². The van der Waals surface area contributed by atoms with E-state index < -0.39 is 10.9 Å². The number of carbonyl (C=O) groups is 2. The minimum atomic E-state index is -0.537. The Balaban J connectivity index is 2.17. The van der Waals surface area contributed by atoms with Crippen LogP contribution in [0.2, 0.25) is 0 Å². The monoisotopic (exact) mass is 393 g/mol. The van der Waals surface area contributed by atoms with Gasteiger partial charge in [-0.05, 0) is 18.6 Å². The van der Waals surface area contributed by atoms with E-state index >= 15 is 0 Å². The van der Waals surface area contributed by atoms with Gasteiger partial charge in [-0.3, -0.25) is 14.9 Å². The lowest BCUT2D eigenvalue weighted by atomic mass is 10.1. The molecule has 1 amide bonds. The van der Waals surface area contributed by atoms with Crippen molar-refractivity contribution in [1.82, 2.24) is 9.88 Å². The molecule has 0 spiro atoms. The summed E-state index contributed by atoms with van der Waals surface area (Å²) in [7, 11) is 2.85. The van der Waals surface area contributed by atoms with Gasteiger partial charge in [0.05, 0.1) is 18.6 Å².